The van der Waals surface area contributed by atoms with E-state index in [-0.39, 0.29) is 0 Å². The van der Waals surface area contributed by atoms with Gasteiger partial charge in [0.25, 0.3) is 0 Å². The summed E-state index contributed by atoms with van der Waals surface area (Å²) in [7, 11) is 2.05. The SMILES string of the molecule is C[n+]1ccc2cc(-c3cnc(N)c(/C(C=N)=C/N)c3)cc(C3CCCN3)c2c1. The van der Waals surface area contributed by atoms with Crippen LogP contribution in [-0.2, 0) is 7.05 Å². The van der Waals surface area contributed by atoms with E-state index in [0.717, 1.165) is 24.1 Å². The standard InChI is InChI=1S/C22H24N6/c1-28-6-4-14-7-15(8-19(20(14)13-28)21-3-2-5-26-21)16-9-18(17(10-23)11-24)22(25)27-12-16/h4,6-13,21,25-26H,2-3,5H2,1H3,(H3,23,24)/p+1. The molecule has 6 N–H and O–H groups in total. The summed E-state index contributed by atoms with van der Waals surface area (Å²) in [6.45, 7) is 1.05. The third-order valence-corrected chi connectivity index (χ3v) is 5.40. The second-order valence-corrected chi connectivity index (χ2v) is 7.25. The number of aromatic nitrogens is 2. The summed E-state index contributed by atoms with van der Waals surface area (Å²) in [5, 5.41) is 13.7. The van der Waals surface area contributed by atoms with Gasteiger partial charge < -0.3 is 22.2 Å². The molecule has 6 nitrogen and oxygen atoms in total. The van der Waals surface area contributed by atoms with E-state index in [1.165, 1.54) is 35.2 Å². The van der Waals surface area contributed by atoms with E-state index in [1.54, 1.807) is 6.20 Å². The Labute approximate surface area is 164 Å². The first kappa shape index (κ1) is 18.1. The van der Waals surface area contributed by atoms with Crippen LogP contribution >= 0.6 is 0 Å². The average Bonchev–Trinajstić information content (AvgIpc) is 3.24. The van der Waals surface area contributed by atoms with E-state index < -0.39 is 0 Å². The number of nitrogens with one attached hydrogen (secondary N) is 2. The first-order valence-corrected chi connectivity index (χ1v) is 9.45. The van der Waals surface area contributed by atoms with Gasteiger partial charge in [0, 0.05) is 47.4 Å². The molecule has 1 aromatic carbocycles. The van der Waals surface area contributed by atoms with Crippen molar-refractivity contribution < 1.29 is 4.57 Å². The zero-order chi connectivity index (χ0) is 19.7. The monoisotopic (exact) mass is 373 g/mol. The van der Waals surface area contributed by atoms with Gasteiger partial charge in [-0.15, -0.1) is 0 Å². The highest BCUT2D eigenvalue weighted by Crippen LogP contribution is 2.34. The smallest absolute Gasteiger partial charge is 0.176 e. The lowest BCUT2D eigenvalue weighted by Crippen LogP contribution is -2.26. The Morgan fingerprint density at radius 2 is 2.18 bits per heavy atom. The Balaban J connectivity index is 1.91. The fourth-order valence-electron chi connectivity index (χ4n) is 3.92. The van der Waals surface area contributed by atoms with E-state index in [2.05, 4.69) is 45.5 Å². The van der Waals surface area contributed by atoms with Crippen molar-refractivity contribution in [1.29, 1.82) is 5.41 Å². The number of hydrogen-bond donors (Lipinski definition) is 4. The van der Waals surface area contributed by atoms with Gasteiger partial charge >= 0.3 is 0 Å². The van der Waals surface area contributed by atoms with Crippen molar-refractivity contribution in [3.05, 3.63) is 60.2 Å². The first-order valence-electron chi connectivity index (χ1n) is 9.45. The van der Waals surface area contributed by atoms with Gasteiger partial charge in [-0.3, -0.25) is 0 Å². The largest absolute Gasteiger partial charge is 0.404 e. The van der Waals surface area contributed by atoms with Crippen LogP contribution in [0.4, 0.5) is 5.82 Å². The maximum absolute atomic E-state index is 7.58. The summed E-state index contributed by atoms with van der Waals surface area (Å²) in [5.41, 5.74) is 16.3. The number of allylic oxidation sites excluding steroid dienone is 1. The fraction of sp³-hybridized carbons (Fsp3) is 0.227. The number of nitrogens with zero attached hydrogens (tertiary/aromatic N) is 2. The molecule has 1 atom stereocenters. The van der Waals surface area contributed by atoms with Crippen molar-refractivity contribution in [2.75, 3.05) is 12.3 Å². The summed E-state index contributed by atoms with van der Waals surface area (Å²) in [6.07, 6.45) is 10.9. The number of nitrogens with two attached hydrogens (primary N) is 2. The lowest BCUT2D eigenvalue weighted by molar-refractivity contribution is -0.670. The molecule has 142 valence electrons. The van der Waals surface area contributed by atoms with Crippen molar-refractivity contribution in [2.24, 2.45) is 12.8 Å². The van der Waals surface area contributed by atoms with Crippen LogP contribution < -0.4 is 21.4 Å². The van der Waals surface area contributed by atoms with Gasteiger partial charge in [-0.05, 0) is 54.1 Å². The number of rotatable bonds is 4. The van der Waals surface area contributed by atoms with Crippen LogP contribution in [0.15, 0.2) is 49.1 Å². The molecule has 3 aromatic rings. The van der Waals surface area contributed by atoms with Gasteiger partial charge in [0.2, 0.25) is 0 Å². The maximum atomic E-state index is 7.58. The molecule has 1 saturated heterocycles. The van der Waals surface area contributed by atoms with Gasteiger partial charge in [0.1, 0.15) is 12.9 Å². The molecule has 4 rings (SSSR count). The highest BCUT2D eigenvalue weighted by Gasteiger charge is 2.21. The first-order chi connectivity index (χ1) is 13.6. The molecular weight excluding hydrogens is 348 g/mol. The number of aryl methyl sites for hydroxylation is 1. The lowest BCUT2D eigenvalue weighted by atomic mass is 9.93. The molecule has 0 amide bonds. The van der Waals surface area contributed by atoms with Crippen LogP contribution in [0.2, 0.25) is 0 Å². The van der Waals surface area contributed by atoms with Crippen LogP contribution in [-0.4, -0.2) is 17.7 Å². The van der Waals surface area contributed by atoms with Crippen LogP contribution in [0.3, 0.4) is 0 Å². The van der Waals surface area contributed by atoms with E-state index in [9.17, 15) is 0 Å². The van der Waals surface area contributed by atoms with Crippen molar-refractivity contribution in [3.8, 4) is 11.1 Å². The summed E-state index contributed by atoms with van der Waals surface area (Å²) in [5.74, 6) is 0.370. The van der Waals surface area contributed by atoms with Crippen molar-refractivity contribution >= 4 is 28.4 Å². The Morgan fingerprint density at radius 1 is 1.32 bits per heavy atom. The molecular formula is C22H25N6+. The second-order valence-electron chi connectivity index (χ2n) is 7.25. The molecule has 1 unspecified atom stereocenters. The lowest BCUT2D eigenvalue weighted by Gasteiger charge is -2.16. The third-order valence-electron chi connectivity index (χ3n) is 5.40. The summed E-state index contributed by atoms with van der Waals surface area (Å²) in [6, 6.07) is 8.89. The van der Waals surface area contributed by atoms with E-state index >= 15 is 0 Å². The molecule has 3 heterocycles. The topological polar surface area (TPSA) is 105 Å². The molecule has 0 aliphatic carbocycles. The van der Waals surface area contributed by atoms with Crippen LogP contribution in [0.1, 0.15) is 30.0 Å². The predicted molar refractivity (Wildman–Crippen MR) is 114 cm³/mol. The van der Waals surface area contributed by atoms with Gasteiger partial charge in [-0.25, -0.2) is 9.55 Å². The molecule has 0 spiro atoms. The number of nitrogen functional groups attached to an aromatic ring is 1. The molecule has 2 aromatic heterocycles. The Kier molecular flexibility index (Phi) is 4.79. The molecule has 1 aliphatic heterocycles. The Morgan fingerprint density at radius 3 is 2.89 bits per heavy atom. The Hall–Kier alpha value is -3.25. The summed E-state index contributed by atoms with van der Waals surface area (Å²) < 4.78 is 2.09. The van der Waals surface area contributed by atoms with Gasteiger partial charge in [-0.1, -0.05) is 0 Å². The van der Waals surface area contributed by atoms with Crippen LogP contribution in [0.25, 0.3) is 27.5 Å². The molecule has 1 fully saturated rings. The van der Waals surface area contributed by atoms with Crippen LogP contribution in [0, 0.1) is 5.41 Å². The van der Waals surface area contributed by atoms with Crippen molar-refractivity contribution in [3.63, 3.8) is 0 Å². The molecule has 28 heavy (non-hydrogen) atoms. The predicted octanol–water partition coefficient (Wildman–Crippen LogP) is 2.68. The molecule has 0 radical (unpaired) electrons. The minimum atomic E-state index is 0.354. The number of benzene rings is 1. The Bertz CT molecular complexity index is 1080. The van der Waals surface area contributed by atoms with E-state index in [1.807, 2.05) is 13.1 Å². The number of fused-ring (bicyclic) bond motifs is 1. The van der Waals surface area contributed by atoms with Crippen molar-refractivity contribution in [1.82, 2.24) is 10.3 Å². The van der Waals surface area contributed by atoms with Gasteiger partial charge in [0.15, 0.2) is 12.4 Å². The highest BCUT2D eigenvalue weighted by molar-refractivity contribution is 6.10. The zero-order valence-corrected chi connectivity index (χ0v) is 15.9. The van der Waals surface area contributed by atoms with Crippen LogP contribution in [0.5, 0.6) is 0 Å². The van der Waals surface area contributed by atoms with Gasteiger partial charge in [0.05, 0.1) is 5.39 Å². The molecule has 0 saturated carbocycles. The quantitative estimate of drug-likeness (QED) is 0.417. The van der Waals surface area contributed by atoms with E-state index in [4.69, 9.17) is 16.9 Å². The third kappa shape index (κ3) is 3.23. The second kappa shape index (κ2) is 7.40. The number of hydrogen-bond acceptors (Lipinski definition) is 5. The molecule has 1 aliphatic rings. The minimum Gasteiger partial charge on any atom is -0.404 e. The maximum Gasteiger partial charge on any atom is 0.176 e. The number of pyridine rings is 2. The normalized spacial score (nSPS) is 17.2. The van der Waals surface area contributed by atoms with E-state index in [0.29, 0.717) is 23.0 Å². The molecule has 6 heteroatoms. The number of anilines is 1. The summed E-state index contributed by atoms with van der Waals surface area (Å²) in [4.78, 5) is 4.35. The fourth-order valence-corrected chi connectivity index (χ4v) is 3.92. The highest BCUT2D eigenvalue weighted by atomic mass is 14.9. The molecule has 0 bridgehead atoms. The zero-order valence-electron chi connectivity index (χ0n) is 15.9. The average molecular weight is 373 g/mol. The van der Waals surface area contributed by atoms with Gasteiger partial charge in [-0.2, -0.15) is 0 Å². The van der Waals surface area contributed by atoms with Crippen molar-refractivity contribution in [2.45, 2.75) is 18.9 Å². The minimum absolute atomic E-state index is 0.354. The summed E-state index contributed by atoms with van der Waals surface area (Å²) >= 11 is 0.